The normalized spacial score (nSPS) is 11.1. The Hall–Kier alpha value is -3.26. The molecule has 0 aliphatic rings. The smallest absolute Gasteiger partial charge is 0.336 e. The Balaban J connectivity index is 1.76. The first-order valence-electron chi connectivity index (χ1n) is 12.3. The maximum absolute atomic E-state index is 12.2. The number of unbranched alkanes of at least 4 members (excludes halogenated alkanes) is 6. The first-order chi connectivity index (χ1) is 17.5. The molecule has 0 aromatic heterocycles. The lowest BCUT2D eigenvalue weighted by Gasteiger charge is -2.07. The zero-order valence-corrected chi connectivity index (χ0v) is 22.3. The molecule has 2 amide bonds. The summed E-state index contributed by atoms with van der Waals surface area (Å²) < 4.78 is 6.18. The van der Waals surface area contributed by atoms with Gasteiger partial charge in [-0.25, -0.2) is 10.2 Å². The third-order valence-electron chi connectivity index (χ3n) is 5.24. The Morgan fingerprint density at radius 1 is 0.944 bits per heavy atom. The van der Waals surface area contributed by atoms with E-state index >= 15 is 0 Å². The summed E-state index contributed by atoms with van der Waals surface area (Å²) >= 11 is 3.38. The van der Waals surface area contributed by atoms with E-state index in [9.17, 15) is 14.4 Å². The third kappa shape index (κ3) is 12.4. The Labute approximate surface area is 221 Å². The largest absolute Gasteiger partial charge is 0.423 e. The van der Waals surface area contributed by atoms with E-state index in [4.69, 9.17) is 4.74 Å². The number of benzene rings is 2. The van der Waals surface area contributed by atoms with Crippen molar-refractivity contribution in [3.05, 3.63) is 70.2 Å². The third-order valence-corrected chi connectivity index (χ3v) is 5.73. The highest BCUT2D eigenvalue weighted by atomic mass is 79.9. The first-order valence-corrected chi connectivity index (χ1v) is 13.1. The van der Waals surface area contributed by atoms with Crippen LogP contribution in [0.5, 0.6) is 5.75 Å². The van der Waals surface area contributed by atoms with Crippen molar-refractivity contribution >= 4 is 46.0 Å². The van der Waals surface area contributed by atoms with Crippen LogP contribution >= 0.6 is 15.9 Å². The van der Waals surface area contributed by atoms with Gasteiger partial charge < -0.3 is 10.1 Å². The maximum atomic E-state index is 12.2. The molecule has 0 fully saturated rings. The van der Waals surface area contributed by atoms with Crippen molar-refractivity contribution in [1.29, 1.82) is 0 Å². The van der Waals surface area contributed by atoms with Crippen LogP contribution in [0.4, 0.5) is 0 Å². The maximum Gasteiger partial charge on any atom is 0.336 e. The van der Waals surface area contributed by atoms with Gasteiger partial charge in [0.1, 0.15) is 5.75 Å². The molecule has 0 aliphatic carbocycles. The van der Waals surface area contributed by atoms with Crippen LogP contribution in [0.2, 0.25) is 0 Å². The van der Waals surface area contributed by atoms with Crippen LogP contribution in [-0.2, 0) is 14.4 Å². The van der Waals surface area contributed by atoms with Crippen molar-refractivity contribution in [3.63, 3.8) is 0 Å². The predicted octanol–water partition coefficient (Wildman–Crippen LogP) is 5.77. The number of hydrogen-bond acceptors (Lipinski definition) is 5. The Morgan fingerprint density at radius 2 is 1.67 bits per heavy atom. The fraction of sp³-hybridized carbons (Fsp3) is 0.357. The van der Waals surface area contributed by atoms with Crippen LogP contribution in [0.3, 0.4) is 0 Å². The van der Waals surface area contributed by atoms with Gasteiger partial charge in [-0.2, -0.15) is 5.10 Å². The molecule has 0 saturated heterocycles. The molecule has 2 rings (SSSR count). The second-order valence-electron chi connectivity index (χ2n) is 8.29. The highest BCUT2D eigenvalue weighted by Gasteiger charge is 2.08. The van der Waals surface area contributed by atoms with Crippen LogP contribution in [0, 0.1) is 0 Å². The minimum absolute atomic E-state index is 0.146. The molecule has 36 heavy (non-hydrogen) atoms. The number of nitrogens with zero attached hydrogens (tertiary/aromatic N) is 1. The van der Waals surface area contributed by atoms with E-state index in [2.05, 4.69) is 38.7 Å². The summed E-state index contributed by atoms with van der Waals surface area (Å²) in [6.45, 7) is 2.03. The molecule has 0 heterocycles. The number of ether oxygens (including phenoxy) is 1. The minimum Gasteiger partial charge on any atom is -0.423 e. The van der Waals surface area contributed by atoms with E-state index in [1.807, 2.05) is 30.3 Å². The van der Waals surface area contributed by atoms with Gasteiger partial charge in [0.15, 0.2) is 0 Å². The summed E-state index contributed by atoms with van der Waals surface area (Å²) in [7, 11) is 0. The highest BCUT2D eigenvalue weighted by Crippen LogP contribution is 2.22. The lowest BCUT2D eigenvalue weighted by Crippen LogP contribution is -2.34. The molecule has 0 radical (unpaired) electrons. The number of carbonyl (C=O) groups is 3. The van der Waals surface area contributed by atoms with Crippen molar-refractivity contribution in [2.45, 2.75) is 58.3 Å². The summed E-state index contributed by atoms with van der Waals surface area (Å²) in [6.07, 6.45) is 12.7. The van der Waals surface area contributed by atoms with Gasteiger partial charge in [-0.3, -0.25) is 9.59 Å². The lowest BCUT2D eigenvalue weighted by molar-refractivity contribution is -0.129. The van der Waals surface area contributed by atoms with Crippen LogP contribution < -0.4 is 15.5 Å². The van der Waals surface area contributed by atoms with E-state index < -0.39 is 11.9 Å². The number of hydrazone groups is 1. The number of nitrogens with one attached hydrogen (secondary N) is 2. The van der Waals surface area contributed by atoms with Crippen LogP contribution in [0.1, 0.15) is 69.4 Å². The van der Waals surface area contributed by atoms with Gasteiger partial charge in [0.2, 0.25) is 5.91 Å². The molecule has 2 aromatic rings. The predicted molar refractivity (Wildman–Crippen MR) is 147 cm³/mol. The van der Waals surface area contributed by atoms with Gasteiger partial charge in [-0.1, -0.05) is 91.7 Å². The van der Waals surface area contributed by atoms with Gasteiger partial charge in [-0.05, 0) is 36.3 Å². The van der Waals surface area contributed by atoms with Gasteiger partial charge in [0.25, 0.3) is 5.91 Å². The first kappa shape index (κ1) is 29.0. The molecular formula is C28H34BrN3O4. The van der Waals surface area contributed by atoms with Crippen molar-refractivity contribution in [2.75, 3.05) is 6.54 Å². The van der Waals surface area contributed by atoms with Gasteiger partial charge in [0.05, 0.1) is 12.8 Å². The van der Waals surface area contributed by atoms with Crippen LogP contribution in [0.15, 0.2) is 64.2 Å². The van der Waals surface area contributed by atoms with E-state index in [1.54, 1.807) is 24.3 Å². The molecule has 0 bridgehead atoms. The number of hydrogen-bond donors (Lipinski definition) is 2. The van der Waals surface area contributed by atoms with Crippen molar-refractivity contribution < 1.29 is 19.1 Å². The molecule has 0 saturated carbocycles. The van der Waals surface area contributed by atoms with E-state index in [-0.39, 0.29) is 12.5 Å². The standard InChI is InChI=1S/C28H34BrN3O4/c1-2-3-4-5-6-7-11-14-26(33)30-21-27(34)32-31-20-23-19-24(29)16-17-25(23)36-28(35)18-15-22-12-9-8-10-13-22/h8-10,12-13,15-20H,2-7,11,14,21H2,1H3,(H,30,33)(H,32,34). The number of esters is 1. The monoisotopic (exact) mass is 555 g/mol. The molecule has 7 nitrogen and oxygen atoms in total. The quantitative estimate of drug-likeness (QED) is 0.0727. The van der Waals surface area contributed by atoms with Crippen LogP contribution in [-0.4, -0.2) is 30.5 Å². The number of carbonyl (C=O) groups excluding carboxylic acids is 3. The number of halogens is 1. The molecule has 2 N–H and O–H groups in total. The van der Waals surface area contributed by atoms with E-state index in [0.29, 0.717) is 17.7 Å². The summed E-state index contributed by atoms with van der Waals surface area (Å²) in [5.41, 5.74) is 3.75. The minimum atomic E-state index is -0.538. The van der Waals surface area contributed by atoms with Crippen LogP contribution in [0.25, 0.3) is 6.08 Å². The second kappa shape index (κ2) is 17.2. The number of rotatable bonds is 15. The Kier molecular flexibility index (Phi) is 13.9. The van der Waals surface area contributed by atoms with Gasteiger partial charge in [-0.15, -0.1) is 0 Å². The average molecular weight is 557 g/mol. The van der Waals surface area contributed by atoms with E-state index in [0.717, 1.165) is 29.3 Å². The SMILES string of the molecule is CCCCCCCCCC(=O)NCC(=O)NN=Cc1cc(Br)ccc1OC(=O)C=Cc1ccccc1. The Morgan fingerprint density at radius 3 is 2.42 bits per heavy atom. The summed E-state index contributed by atoms with van der Waals surface area (Å²) in [4.78, 5) is 36.2. The molecule has 0 aliphatic heterocycles. The van der Waals surface area contributed by atoms with Crippen molar-refractivity contribution in [1.82, 2.24) is 10.7 Å². The fourth-order valence-electron chi connectivity index (χ4n) is 3.31. The molecule has 0 unspecified atom stereocenters. The zero-order chi connectivity index (χ0) is 26.0. The number of amides is 2. The zero-order valence-electron chi connectivity index (χ0n) is 20.7. The molecule has 0 spiro atoms. The lowest BCUT2D eigenvalue weighted by atomic mass is 10.1. The topological polar surface area (TPSA) is 96.9 Å². The second-order valence-corrected chi connectivity index (χ2v) is 9.20. The molecular weight excluding hydrogens is 522 g/mol. The van der Waals surface area contributed by atoms with Gasteiger partial charge in [0, 0.05) is 22.5 Å². The molecule has 192 valence electrons. The van der Waals surface area contributed by atoms with Crippen molar-refractivity contribution in [2.24, 2.45) is 5.10 Å². The summed E-state index contributed by atoms with van der Waals surface area (Å²) in [5.74, 6) is -0.837. The molecule has 8 heteroatoms. The molecule has 2 aromatic carbocycles. The molecule has 0 atom stereocenters. The summed E-state index contributed by atoms with van der Waals surface area (Å²) in [5, 5.41) is 6.53. The average Bonchev–Trinajstić information content (AvgIpc) is 2.88. The summed E-state index contributed by atoms with van der Waals surface area (Å²) in [6, 6.07) is 14.5. The van der Waals surface area contributed by atoms with Crippen molar-refractivity contribution in [3.8, 4) is 5.75 Å². The van der Waals surface area contributed by atoms with E-state index in [1.165, 1.54) is 38.0 Å². The Bertz CT molecular complexity index is 1040. The van der Waals surface area contributed by atoms with Gasteiger partial charge >= 0.3 is 5.97 Å². The highest BCUT2D eigenvalue weighted by molar-refractivity contribution is 9.10. The fourth-order valence-corrected chi connectivity index (χ4v) is 3.69.